The molecule has 0 saturated carbocycles. The van der Waals surface area contributed by atoms with Gasteiger partial charge in [-0.2, -0.15) is 4.31 Å². The molecule has 1 aliphatic rings. The van der Waals surface area contributed by atoms with E-state index in [1.165, 1.54) is 31.0 Å². The molecule has 0 radical (unpaired) electrons. The van der Waals surface area contributed by atoms with E-state index in [0.717, 1.165) is 28.6 Å². The van der Waals surface area contributed by atoms with Gasteiger partial charge in [0.25, 0.3) is 0 Å². The fourth-order valence-corrected chi connectivity index (χ4v) is 5.91. The molecule has 1 aliphatic heterocycles. The van der Waals surface area contributed by atoms with E-state index >= 15 is 0 Å². The number of nitrogens with zero attached hydrogens (tertiary/aromatic N) is 2. The monoisotopic (exact) mass is 502 g/mol. The molecule has 0 aromatic heterocycles. The molecule has 0 amide bonds. The summed E-state index contributed by atoms with van der Waals surface area (Å²) in [5, 5.41) is 9.09. The Labute approximate surface area is 207 Å². The lowest BCUT2D eigenvalue weighted by Crippen LogP contribution is -2.36. The normalized spacial score (nSPS) is 14.8. The second kappa shape index (κ2) is 11.7. The van der Waals surface area contributed by atoms with Crippen molar-refractivity contribution in [2.24, 2.45) is 0 Å². The lowest BCUT2D eigenvalue weighted by molar-refractivity contribution is -0.137. The van der Waals surface area contributed by atoms with Crippen LogP contribution in [0.3, 0.4) is 0 Å². The maximum Gasteiger partial charge on any atom is 0.318 e. The van der Waals surface area contributed by atoms with Crippen LogP contribution >= 0.6 is 0 Å². The van der Waals surface area contributed by atoms with E-state index in [2.05, 4.69) is 4.90 Å². The van der Waals surface area contributed by atoms with E-state index in [-0.39, 0.29) is 17.2 Å². The van der Waals surface area contributed by atoms with Crippen LogP contribution in [0.25, 0.3) is 0 Å². The number of benzene rings is 2. The van der Waals surface area contributed by atoms with Crippen LogP contribution in [-0.2, 0) is 19.6 Å². The molecule has 0 aliphatic carbocycles. The molecule has 0 bridgehead atoms. The Kier molecular flexibility index (Phi) is 8.91. The molecule has 1 saturated heterocycles. The average molecular weight is 503 g/mol. The number of ether oxygens (including phenoxy) is 1. The molecule has 35 heavy (non-hydrogen) atoms. The quantitative estimate of drug-likeness (QED) is 0.363. The Morgan fingerprint density at radius 2 is 1.74 bits per heavy atom. The largest absolute Gasteiger partial charge is 0.480 e. The number of aliphatic carboxylic acids is 1. The SMILES string of the molecule is CCCN(CC(=O)O)S(=O)(=O)c1ccc(OC(=O)C(CC)c2ccc(N3CCCC3)cc2)c(C)c1. The molecule has 1 N–H and O–H groups in total. The first-order valence-corrected chi connectivity index (χ1v) is 13.5. The Balaban J connectivity index is 1.75. The molecule has 2 aromatic carbocycles. The van der Waals surface area contributed by atoms with Gasteiger partial charge in [-0.25, -0.2) is 8.42 Å². The van der Waals surface area contributed by atoms with Gasteiger partial charge in [-0.05, 0) is 74.1 Å². The van der Waals surface area contributed by atoms with Crippen molar-refractivity contribution in [3.63, 3.8) is 0 Å². The van der Waals surface area contributed by atoms with Gasteiger partial charge in [-0.3, -0.25) is 9.59 Å². The first-order chi connectivity index (χ1) is 16.7. The minimum Gasteiger partial charge on any atom is -0.480 e. The van der Waals surface area contributed by atoms with Crippen LogP contribution in [0.5, 0.6) is 5.75 Å². The zero-order chi connectivity index (χ0) is 25.6. The van der Waals surface area contributed by atoms with E-state index in [0.29, 0.717) is 18.4 Å². The van der Waals surface area contributed by atoms with Gasteiger partial charge in [-0.1, -0.05) is 26.0 Å². The van der Waals surface area contributed by atoms with Crippen molar-refractivity contribution in [3.05, 3.63) is 53.6 Å². The summed E-state index contributed by atoms with van der Waals surface area (Å²) < 4.78 is 32.5. The fourth-order valence-electron chi connectivity index (χ4n) is 4.34. The third-order valence-electron chi connectivity index (χ3n) is 6.24. The predicted molar refractivity (Wildman–Crippen MR) is 134 cm³/mol. The molecular formula is C26H34N2O6S. The molecular weight excluding hydrogens is 468 g/mol. The van der Waals surface area contributed by atoms with E-state index < -0.39 is 34.4 Å². The van der Waals surface area contributed by atoms with Crippen molar-refractivity contribution >= 4 is 27.6 Å². The van der Waals surface area contributed by atoms with Crippen LogP contribution in [0.15, 0.2) is 47.4 Å². The van der Waals surface area contributed by atoms with Gasteiger partial charge in [0.05, 0.1) is 10.8 Å². The number of carboxylic acids is 1. The maximum absolute atomic E-state index is 13.0. The van der Waals surface area contributed by atoms with Gasteiger partial charge in [-0.15, -0.1) is 0 Å². The number of anilines is 1. The van der Waals surface area contributed by atoms with Gasteiger partial charge in [0.15, 0.2) is 0 Å². The van der Waals surface area contributed by atoms with E-state index in [1.54, 1.807) is 13.8 Å². The van der Waals surface area contributed by atoms with Gasteiger partial charge in [0.2, 0.25) is 10.0 Å². The molecule has 190 valence electrons. The molecule has 8 nitrogen and oxygen atoms in total. The standard InChI is InChI=1S/C26H34N2O6S/c1-4-14-28(18-25(29)30)35(32,33)22-12-13-24(19(3)17-22)34-26(31)23(5-2)20-8-10-21(11-9-20)27-15-6-7-16-27/h8-13,17,23H,4-7,14-16,18H2,1-3H3,(H,29,30). The predicted octanol–water partition coefficient (Wildman–Crippen LogP) is 4.18. The molecule has 1 unspecified atom stereocenters. The van der Waals surface area contributed by atoms with Crippen LogP contribution in [0.2, 0.25) is 0 Å². The Hall–Kier alpha value is -2.91. The summed E-state index contributed by atoms with van der Waals surface area (Å²) in [5.41, 5.74) is 2.51. The summed E-state index contributed by atoms with van der Waals surface area (Å²) in [4.78, 5) is 26.4. The van der Waals surface area contributed by atoms with Crippen LogP contribution in [0.1, 0.15) is 56.6 Å². The van der Waals surface area contributed by atoms with Crippen LogP contribution in [-0.4, -0.2) is 55.9 Å². The summed E-state index contributed by atoms with van der Waals surface area (Å²) in [6, 6.07) is 12.2. The Morgan fingerprint density at radius 3 is 2.29 bits per heavy atom. The molecule has 0 spiro atoms. The van der Waals surface area contributed by atoms with E-state index in [4.69, 9.17) is 9.84 Å². The van der Waals surface area contributed by atoms with Crippen molar-refractivity contribution in [1.82, 2.24) is 4.31 Å². The van der Waals surface area contributed by atoms with E-state index in [1.807, 2.05) is 31.2 Å². The second-order valence-corrected chi connectivity index (χ2v) is 10.8. The minimum atomic E-state index is -3.99. The average Bonchev–Trinajstić information content (AvgIpc) is 3.36. The van der Waals surface area contributed by atoms with Gasteiger partial charge in [0, 0.05) is 25.3 Å². The number of aryl methyl sites for hydroxylation is 1. The first kappa shape index (κ1) is 26.7. The summed E-state index contributed by atoms with van der Waals surface area (Å²) in [6.07, 6.45) is 3.44. The molecule has 1 atom stereocenters. The lowest BCUT2D eigenvalue weighted by atomic mass is 9.96. The summed E-state index contributed by atoms with van der Waals surface area (Å²) in [6.45, 7) is 6.96. The highest BCUT2D eigenvalue weighted by Gasteiger charge is 2.27. The topological polar surface area (TPSA) is 104 Å². The molecule has 1 fully saturated rings. The highest BCUT2D eigenvalue weighted by atomic mass is 32.2. The van der Waals surface area contributed by atoms with Gasteiger partial charge in [0.1, 0.15) is 12.3 Å². The number of rotatable bonds is 11. The molecule has 2 aromatic rings. The third-order valence-corrected chi connectivity index (χ3v) is 8.08. The number of sulfonamides is 1. The summed E-state index contributed by atoms with van der Waals surface area (Å²) in [7, 11) is -3.99. The first-order valence-electron chi connectivity index (χ1n) is 12.1. The lowest BCUT2D eigenvalue weighted by Gasteiger charge is -2.21. The minimum absolute atomic E-state index is 0.0333. The summed E-state index contributed by atoms with van der Waals surface area (Å²) >= 11 is 0. The highest BCUT2D eigenvalue weighted by molar-refractivity contribution is 7.89. The Morgan fingerprint density at radius 1 is 1.09 bits per heavy atom. The molecule has 3 rings (SSSR count). The van der Waals surface area contributed by atoms with Gasteiger partial charge >= 0.3 is 11.9 Å². The van der Waals surface area contributed by atoms with Crippen LogP contribution < -0.4 is 9.64 Å². The van der Waals surface area contributed by atoms with Crippen molar-refractivity contribution in [1.29, 1.82) is 0 Å². The highest BCUT2D eigenvalue weighted by Crippen LogP contribution is 2.29. The van der Waals surface area contributed by atoms with Crippen molar-refractivity contribution in [3.8, 4) is 5.75 Å². The van der Waals surface area contributed by atoms with Crippen molar-refractivity contribution in [2.45, 2.75) is 57.3 Å². The van der Waals surface area contributed by atoms with E-state index in [9.17, 15) is 18.0 Å². The van der Waals surface area contributed by atoms with Crippen LogP contribution in [0, 0.1) is 6.92 Å². The number of carbonyl (C=O) groups excluding carboxylic acids is 1. The smallest absolute Gasteiger partial charge is 0.318 e. The van der Waals surface area contributed by atoms with Crippen molar-refractivity contribution < 1.29 is 27.9 Å². The molecule has 9 heteroatoms. The van der Waals surface area contributed by atoms with Crippen molar-refractivity contribution in [2.75, 3.05) is 31.1 Å². The van der Waals surface area contributed by atoms with Gasteiger partial charge < -0.3 is 14.7 Å². The molecule has 1 heterocycles. The third kappa shape index (κ3) is 6.41. The number of carboxylic acid groups (broad SMARTS) is 1. The number of hydrogen-bond acceptors (Lipinski definition) is 6. The number of hydrogen-bond donors (Lipinski definition) is 1. The maximum atomic E-state index is 13.0. The fraction of sp³-hybridized carbons (Fsp3) is 0.462. The second-order valence-electron chi connectivity index (χ2n) is 8.83. The number of esters is 1. The Bertz CT molecular complexity index is 1140. The summed E-state index contributed by atoms with van der Waals surface area (Å²) in [5.74, 6) is -1.79. The zero-order valence-corrected chi connectivity index (χ0v) is 21.4. The van der Waals surface area contributed by atoms with Crippen LogP contribution in [0.4, 0.5) is 5.69 Å². The number of carbonyl (C=O) groups is 2. The zero-order valence-electron chi connectivity index (χ0n) is 20.6.